The molecule has 9 heteroatoms. The number of rotatable bonds is 9. The fourth-order valence-electron chi connectivity index (χ4n) is 3.59. The average molecular weight is 495 g/mol. The van der Waals surface area contributed by atoms with E-state index in [-0.39, 0.29) is 16.6 Å². The van der Waals surface area contributed by atoms with Gasteiger partial charge in [0.15, 0.2) is 0 Å². The first kappa shape index (κ1) is 24.0. The molecule has 4 rings (SSSR count). The minimum atomic E-state index is -3.66. The largest absolute Gasteiger partial charge is 0.324 e. The number of amides is 1. The zero-order valence-corrected chi connectivity index (χ0v) is 20.4. The van der Waals surface area contributed by atoms with E-state index in [9.17, 15) is 13.2 Å². The average Bonchev–Trinajstić information content (AvgIpc) is 3.11. The first-order chi connectivity index (χ1) is 16.5. The quantitative estimate of drug-likeness (QED) is 0.423. The van der Waals surface area contributed by atoms with Crippen LogP contribution in [-0.4, -0.2) is 31.2 Å². The van der Waals surface area contributed by atoms with Crippen LogP contribution in [0.4, 0.5) is 5.69 Å². The molecule has 0 aliphatic carbocycles. The Balaban J connectivity index is 1.50. The number of hydrogen-bond acceptors (Lipinski definition) is 6. The summed E-state index contributed by atoms with van der Waals surface area (Å²) in [6, 6.07) is 19.4. The number of benzene rings is 2. The molecule has 176 valence electrons. The van der Waals surface area contributed by atoms with Crippen molar-refractivity contribution in [2.75, 3.05) is 5.32 Å². The lowest BCUT2D eigenvalue weighted by molar-refractivity contribution is -0.117. The lowest BCUT2D eigenvalue weighted by Gasteiger charge is -2.14. The van der Waals surface area contributed by atoms with Crippen molar-refractivity contribution >= 4 is 39.2 Å². The van der Waals surface area contributed by atoms with Gasteiger partial charge >= 0.3 is 0 Å². The number of unbranched alkanes of at least 4 members (excludes halogenated alkanes) is 1. The van der Waals surface area contributed by atoms with Crippen LogP contribution in [0.25, 0.3) is 0 Å². The van der Waals surface area contributed by atoms with E-state index in [1.807, 2.05) is 49.4 Å². The Morgan fingerprint density at radius 2 is 1.94 bits per heavy atom. The number of aliphatic imine (C=N–C) groups is 1. The van der Waals surface area contributed by atoms with Gasteiger partial charge in [0.2, 0.25) is 5.91 Å². The third kappa shape index (κ3) is 5.84. The van der Waals surface area contributed by atoms with E-state index in [1.54, 1.807) is 36.2 Å². The van der Waals surface area contributed by atoms with E-state index in [2.05, 4.69) is 20.0 Å². The van der Waals surface area contributed by atoms with E-state index in [1.165, 1.54) is 6.07 Å². The number of hydrogen-bond donors (Lipinski definition) is 2. The Kier molecular flexibility index (Phi) is 7.64. The molecule has 1 unspecified atom stereocenters. The Bertz CT molecular complexity index is 1290. The van der Waals surface area contributed by atoms with Crippen molar-refractivity contribution in [3.8, 4) is 0 Å². The van der Waals surface area contributed by atoms with Gasteiger partial charge in [0.25, 0.3) is 10.0 Å². The molecule has 7 nitrogen and oxygen atoms in total. The Morgan fingerprint density at radius 3 is 2.74 bits per heavy atom. The second kappa shape index (κ2) is 10.8. The van der Waals surface area contributed by atoms with Crippen molar-refractivity contribution in [2.45, 2.75) is 47.9 Å². The van der Waals surface area contributed by atoms with E-state index in [4.69, 9.17) is 0 Å². The van der Waals surface area contributed by atoms with Crippen molar-refractivity contribution in [1.29, 1.82) is 0 Å². The molecular weight excluding hydrogens is 468 g/mol. The summed E-state index contributed by atoms with van der Waals surface area (Å²) in [6.45, 7) is 2.04. The van der Waals surface area contributed by atoms with Crippen LogP contribution in [0, 0.1) is 0 Å². The van der Waals surface area contributed by atoms with Gasteiger partial charge in [-0.25, -0.2) is 13.4 Å². The van der Waals surface area contributed by atoms with E-state index in [0.29, 0.717) is 17.7 Å². The summed E-state index contributed by atoms with van der Waals surface area (Å²) in [4.78, 5) is 22.2. The zero-order chi connectivity index (χ0) is 24.0. The minimum Gasteiger partial charge on any atom is -0.324 e. The summed E-state index contributed by atoms with van der Waals surface area (Å²) in [5, 5.41) is 3.90. The molecule has 2 aromatic carbocycles. The van der Waals surface area contributed by atoms with Crippen LogP contribution in [0.3, 0.4) is 0 Å². The molecule has 1 aliphatic rings. The first-order valence-corrected chi connectivity index (χ1v) is 13.6. The van der Waals surface area contributed by atoms with Gasteiger partial charge in [-0.3, -0.25) is 14.5 Å². The summed E-state index contributed by atoms with van der Waals surface area (Å²) in [5.74, 6) is 0.673. The molecule has 0 fully saturated rings. The van der Waals surface area contributed by atoms with Gasteiger partial charge in [0.1, 0.15) is 11.9 Å². The number of thioether (sulfide) groups is 1. The molecule has 1 amide bonds. The normalized spacial score (nSPS) is 16.0. The van der Waals surface area contributed by atoms with Gasteiger partial charge in [-0.1, -0.05) is 50.1 Å². The number of pyridine rings is 1. The highest BCUT2D eigenvalue weighted by molar-refractivity contribution is 7.98. The topological polar surface area (TPSA) is 101 Å². The molecule has 0 radical (unpaired) electrons. The highest BCUT2D eigenvalue weighted by Gasteiger charge is 2.31. The fraction of sp³-hybridized carbons (Fsp3) is 0.240. The Hall–Kier alpha value is -3.17. The van der Waals surface area contributed by atoms with Crippen LogP contribution in [0.15, 0.2) is 87.8 Å². The van der Waals surface area contributed by atoms with Gasteiger partial charge in [-0.2, -0.15) is 0 Å². The first-order valence-electron chi connectivity index (χ1n) is 11.1. The SMILES string of the molecule is CCCCC(N=C1NS(=O)(=O)c2ccccc21)C(=O)Nc1cccc(CSc2ccccn2)c1. The molecule has 0 saturated heterocycles. The van der Waals surface area contributed by atoms with Crippen molar-refractivity contribution in [3.63, 3.8) is 0 Å². The predicted octanol–water partition coefficient (Wildman–Crippen LogP) is 4.61. The maximum atomic E-state index is 13.2. The summed E-state index contributed by atoms with van der Waals surface area (Å²) in [6.07, 6.45) is 3.98. The molecule has 2 N–H and O–H groups in total. The van der Waals surface area contributed by atoms with Gasteiger partial charge < -0.3 is 5.32 Å². The van der Waals surface area contributed by atoms with E-state index >= 15 is 0 Å². The number of fused-ring (bicyclic) bond motifs is 1. The monoisotopic (exact) mass is 494 g/mol. The predicted molar refractivity (Wildman–Crippen MR) is 135 cm³/mol. The Labute approximate surface area is 204 Å². The third-order valence-corrected chi connectivity index (χ3v) is 7.71. The minimum absolute atomic E-state index is 0.182. The standard InChI is InChI=1S/C25H26N4O3S2/c1-2-3-12-21(28-24-20-11-4-5-13-22(20)34(31,32)29-24)25(30)27-19-10-8-9-18(16-19)17-33-23-14-6-7-15-26-23/h4-11,13-16,21H,2-3,12,17H2,1H3,(H,27,30)(H,28,29). The van der Waals surface area contributed by atoms with Gasteiger partial charge in [0.05, 0.1) is 9.92 Å². The molecule has 0 bridgehead atoms. The second-order valence-electron chi connectivity index (χ2n) is 7.88. The molecule has 1 atom stereocenters. The summed E-state index contributed by atoms with van der Waals surface area (Å²) >= 11 is 1.62. The molecule has 2 heterocycles. The number of nitrogens with zero attached hydrogens (tertiary/aromatic N) is 2. The number of amidine groups is 1. The molecule has 3 aromatic rings. The van der Waals surface area contributed by atoms with Crippen LogP contribution in [0.1, 0.15) is 37.3 Å². The maximum Gasteiger partial charge on any atom is 0.263 e. The van der Waals surface area contributed by atoms with Crippen molar-refractivity contribution < 1.29 is 13.2 Å². The van der Waals surface area contributed by atoms with Crippen molar-refractivity contribution in [2.24, 2.45) is 4.99 Å². The Morgan fingerprint density at radius 1 is 1.12 bits per heavy atom. The van der Waals surface area contributed by atoms with Crippen LogP contribution in [0.5, 0.6) is 0 Å². The molecule has 1 aliphatic heterocycles. The lowest BCUT2D eigenvalue weighted by atomic mass is 10.1. The van der Waals surface area contributed by atoms with E-state index < -0.39 is 16.1 Å². The summed E-state index contributed by atoms with van der Waals surface area (Å²) in [7, 11) is -3.66. The molecular formula is C25H26N4O3S2. The van der Waals surface area contributed by atoms with Crippen LogP contribution in [0.2, 0.25) is 0 Å². The van der Waals surface area contributed by atoms with Gasteiger partial charge in [-0.05, 0) is 48.4 Å². The molecule has 0 saturated carbocycles. The summed E-state index contributed by atoms with van der Waals surface area (Å²) < 4.78 is 27.3. The van der Waals surface area contributed by atoms with Gasteiger partial charge in [-0.15, -0.1) is 11.8 Å². The van der Waals surface area contributed by atoms with Crippen LogP contribution < -0.4 is 10.0 Å². The summed E-state index contributed by atoms with van der Waals surface area (Å²) in [5.41, 5.74) is 2.23. The number of nitrogens with one attached hydrogen (secondary N) is 2. The van der Waals surface area contributed by atoms with Crippen molar-refractivity contribution in [3.05, 3.63) is 84.1 Å². The third-order valence-electron chi connectivity index (χ3n) is 5.30. The number of sulfonamides is 1. The van der Waals surface area contributed by atoms with Crippen molar-refractivity contribution in [1.82, 2.24) is 9.71 Å². The number of carbonyl (C=O) groups excluding carboxylic acids is 1. The maximum absolute atomic E-state index is 13.2. The number of aromatic nitrogens is 1. The molecule has 1 aromatic heterocycles. The molecule has 0 spiro atoms. The highest BCUT2D eigenvalue weighted by Crippen LogP contribution is 2.24. The number of carbonyl (C=O) groups is 1. The smallest absolute Gasteiger partial charge is 0.263 e. The van der Waals surface area contributed by atoms with Crippen LogP contribution >= 0.6 is 11.8 Å². The lowest BCUT2D eigenvalue weighted by Crippen LogP contribution is -2.30. The zero-order valence-electron chi connectivity index (χ0n) is 18.8. The number of anilines is 1. The molecule has 34 heavy (non-hydrogen) atoms. The van der Waals surface area contributed by atoms with E-state index in [0.717, 1.165) is 29.2 Å². The van der Waals surface area contributed by atoms with Crippen LogP contribution in [-0.2, 0) is 20.6 Å². The highest BCUT2D eigenvalue weighted by atomic mass is 32.2. The van der Waals surface area contributed by atoms with Gasteiger partial charge in [0, 0.05) is 23.2 Å². The second-order valence-corrected chi connectivity index (χ2v) is 10.5. The fourth-order valence-corrected chi connectivity index (χ4v) is 5.63.